The molecule has 5 rings (SSSR count). The Balaban J connectivity index is 1.54. The third-order valence-electron chi connectivity index (χ3n) is 5.77. The fourth-order valence-electron chi connectivity index (χ4n) is 4.21. The van der Waals surface area contributed by atoms with Gasteiger partial charge in [0, 0.05) is 17.3 Å². The second kappa shape index (κ2) is 8.55. The van der Waals surface area contributed by atoms with Gasteiger partial charge in [-0.15, -0.1) is 0 Å². The quantitative estimate of drug-likeness (QED) is 0.398. The molecule has 1 aliphatic rings. The van der Waals surface area contributed by atoms with Gasteiger partial charge in [0.1, 0.15) is 23.0 Å². The van der Waals surface area contributed by atoms with Crippen molar-refractivity contribution < 1.29 is 13.2 Å². The van der Waals surface area contributed by atoms with Gasteiger partial charge in [-0.25, -0.2) is 22.9 Å². The van der Waals surface area contributed by atoms with Crippen molar-refractivity contribution >= 4 is 38.8 Å². The van der Waals surface area contributed by atoms with E-state index in [1.807, 2.05) is 66.9 Å². The number of hydrogen-bond donors (Lipinski definition) is 2. The van der Waals surface area contributed by atoms with Gasteiger partial charge in [-0.2, -0.15) is 5.10 Å². The Bertz CT molecular complexity index is 1610. The first kappa shape index (κ1) is 22.6. The smallest absolute Gasteiger partial charge is 0.292 e. The molecule has 35 heavy (non-hydrogen) atoms. The standard InChI is InChI=1S/C25H24N6O3S/c1-4-9-17(3)31-23(19-14-35(33,34)15-20(19)29-31)27-25(32)28-24-21(18-11-6-5-7-12-18)26-22-16(2)10-8-13-30(22)24/h4-13H,3,14-15H2,1-2H3,(H2,27,28,32). The predicted molar refractivity (Wildman–Crippen MR) is 137 cm³/mol. The van der Waals surface area contributed by atoms with Crippen LogP contribution in [-0.2, 0) is 21.3 Å². The molecule has 0 atom stereocenters. The van der Waals surface area contributed by atoms with E-state index in [-0.39, 0.29) is 17.3 Å². The lowest BCUT2D eigenvalue weighted by atomic mass is 10.1. The summed E-state index contributed by atoms with van der Waals surface area (Å²) in [5.74, 6) is 0.424. The van der Waals surface area contributed by atoms with Crippen LogP contribution in [0.4, 0.5) is 16.4 Å². The molecule has 0 aliphatic carbocycles. The highest BCUT2D eigenvalue weighted by atomic mass is 32.2. The summed E-state index contributed by atoms with van der Waals surface area (Å²) in [4.78, 5) is 18.1. The molecule has 2 amide bonds. The van der Waals surface area contributed by atoms with Gasteiger partial charge < -0.3 is 0 Å². The van der Waals surface area contributed by atoms with Crippen LogP contribution in [0.5, 0.6) is 0 Å². The van der Waals surface area contributed by atoms with Gasteiger partial charge in [0.15, 0.2) is 9.84 Å². The third kappa shape index (κ3) is 4.12. The van der Waals surface area contributed by atoms with Crippen LogP contribution in [-0.4, -0.2) is 33.6 Å². The second-order valence-corrected chi connectivity index (χ2v) is 10.4. The van der Waals surface area contributed by atoms with Crippen molar-refractivity contribution in [1.29, 1.82) is 0 Å². The molecular formula is C25H24N6O3S. The summed E-state index contributed by atoms with van der Waals surface area (Å²) < 4.78 is 27.7. The van der Waals surface area contributed by atoms with Crippen molar-refractivity contribution in [3.05, 3.63) is 84.2 Å². The van der Waals surface area contributed by atoms with E-state index in [1.165, 1.54) is 4.68 Å². The number of nitrogens with one attached hydrogen (secondary N) is 2. The highest BCUT2D eigenvalue weighted by Crippen LogP contribution is 2.34. The van der Waals surface area contributed by atoms with Crippen molar-refractivity contribution in [3.8, 4) is 11.3 Å². The van der Waals surface area contributed by atoms with Crippen LogP contribution in [0.1, 0.15) is 23.7 Å². The number of rotatable bonds is 5. The first-order chi connectivity index (χ1) is 16.8. The minimum Gasteiger partial charge on any atom is -0.292 e. The van der Waals surface area contributed by atoms with E-state index in [1.54, 1.807) is 12.2 Å². The lowest BCUT2D eigenvalue weighted by Crippen LogP contribution is -2.23. The molecule has 0 saturated carbocycles. The minimum absolute atomic E-state index is 0.167. The van der Waals surface area contributed by atoms with Crippen LogP contribution in [0.25, 0.3) is 22.6 Å². The largest absolute Gasteiger partial charge is 0.326 e. The summed E-state index contributed by atoms with van der Waals surface area (Å²) in [6, 6.07) is 12.9. The summed E-state index contributed by atoms with van der Waals surface area (Å²) in [7, 11) is -3.31. The number of aryl methyl sites for hydroxylation is 1. The molecule has 10 heteroatoms. The van der Waals surface area contributed by atoms with Crippen molar-refractivity contribution in [2.45, 2.75) is 25.4 Å². The molecule has 1 aromatic carbocycles. The Labute approximate surface area is 202 Å². The number of sulfone groups is 1. The highest BCUT2D eigenvalue weighted by Gasteiger charge is 2.33. The third-order valence-corrected chi connectivity index (χ3v) is 7.22. The molecule has 0 radical (unpaired) electrons. The molecular weight excluding hydrogens is 464 g/mol. The molecule has 9 nitrogen and oxygen atoms in total. The summed E-state index contributed by atoms with van der Waals surface area (Å²) in [6.07, 6.45) is 5.36. The van der Waals surface area contributed by atoms with Crippen LogP contribution in [0.15, 0.2) is 67.4 Å². The van der Waals surface area contributed by atoms with Crippen LogP contribution in [0, 0.1) is 6.92 Å². The average Bonchev–Trinajstić information content (AvgIpc) is 3.44. The van der Waals surface area contributed by atoms with Crippen LogP contribution >= 0.6 is 0 Å². The van der Waals surface area contributed by atoms with Crippen molar-refractivity contribution in [3.63, 3.8) is 0 Å². The maximum absolute atomic E-state index is 13.3. The normalized spacial score (nSPS) is 14.3. The van der Waals surface area contributed by atoms with Crippen molar-refractivity contribution in [1.82, 2.24) is 19.2 Å². The second-order valence-electron chi connectivity index (χ2n) is 8.35. The summed E-state index contributed by atoms with van der Waals surface area (Å²) in [5.41, 5.74) is 4.55. The topological polar surface area (TPSA) is 110 Å². The molecule has 4 heterocycles. The Morgan fingerprint density at radius 3 is 2.57 bits per heavy atom. The number of hydrogen-bond acceptors (Lipinski definition) is 5. The van der Waals surface area contributed by atoms with Crippen molar-refractivity contribution in [2.24, 2.45) is 0 Å². The Kier molecular flexibility index (Phi) is 5.52. The first-order valence-electron chi connectivity index (χ1n) is 11.0. The van der Waals surface area contributed by atoms with Gasteiger partial charge in [-0.3, -0.25) is 15.0 Å². The maximum atomic E-state index is 13.3. The molecule has 3 aromatic heterocycles. The van der Waals surface area contributed by atoms with Gasteiger partial charge in [-0.1, -0.05) is 49.1 Å². The number of imidazole rings is 1. The van der Waals surface area contributed by atoms with Crippen molar-refractivity contribution in [2.75, 3.05) is 10.6 Å². The zero-order valence-corrected chi connectivity index (χ0v) is 20.1. The SMILES string of the molecule is C=C(C=CC)n1nc2c(c1NC(=O)Nc1c(-c3ccccc3)nc3c(C)cccn13)CS(=O)(=O)C2. The van der Waals surface area contributed by atoms with E-state index >= 15 is 0 Å². The fourth-order valence-corrected chi connectivity index (χ4v) is 5.70. The van der Waals surface area contributed by atoms with E-state index in [0.29, 0.717) is 28.5 Å². The number of pyridine rings is 1. The van der Waals surface area contributed by atoms with E-state index in [9.17, 15) is 13.2 Å². The molecule has 0 fully saturated rings. The molecule has 0 saturated heterocycles. The molecule has 0 unspecified atom stereocenters. The van der Waals surface area contributed by atoms with Gasteiger partial charge in [0.2, 0.25) is 0 Å². The number of aromatic nitrogens is 4. The highest BCUT2D eigenvalue weighted by molar-refractivity contribution is 7.90. The van der Waals surface area contributed by atoms with E-state index in [0.717, 1.165) is 16.8 Å². The van der Waals surface area contributed by atoms with E-state index in [2.05, 4.69) is 22.3 Å². The number of allylic oxidation sites excluding steroid dienone is 3. The zero-order valence-electron chi connectivity index (χ0n) is 19.3. The number of anilines is 2. The van der Waals surface area contributed by atoms with Crippen LogP contribution in [0.2, 0.25) is 0 Å². The Morgan fingerprint density at radius 2 is 1.83 bits per heavy atom. The molecule has 1 aliphatic heterocycles. The maximum Gasteiger partial charge on any atom is 0.326 e. The minimum atomic E-state index is -3.31. The fraction of sp³-hybridized carbons (Fsp3) is 0.160. The predicted octanol–water partition coefficient (Wildman–Crippen LogP) is 4.63. The van der Waals surface area contributed by atoms with Crippen LogP contribution < -0.4 is 10.6 Å². The van der Waals surface area contributed by atoms with Gasteiger partial charge in [0.25, 0.3) is 0 Å². The molecule has 0 spiro atoms. The lowest BCUT2D eigenvalue weighted by Gasteiger charge is -2.13. The molecule has 4 aromatic rings. The zero-order chi connectivity index (χ0) is 24.7. The monoisotopic (exact) mass is 488 g/mol. The Morgan fingerprint density at radius 1 is 1.09 bits per heavy atom. The number of amides is 2. The molecule has 178 valence electrons. The summed E-state index contributed by atoms with van der Waals surface area (Å²) in [5, 5.41) is 10.1. The first-order valence-corrected chi connectivity index (χ1v) is 12.8. The Hall–Kier alpha value is -4.18. The summed E-state index contributed by atoms with van der Waals surface area (Å²) >= 11 is 0. The number of nitrogens with zero attached hydrogens (tertiary/aromatic N) is 4. The number of benzene rings is 1. The number of fused-ring (bicyclic) bond motifs is 2. The van der Waals surface area contributed by atoms with Crippen LogP contribution in [0.3, 0.4) is 0 Å². The summed E-state index contributed by atoms with van der Waals surface area (Å²) in [6.45, 7) is 7.78. The van der Waals surface area contributed by atoms with E-state index < -0.39 is 15.9 Å². The van der Waals surface area contributed by atoms with Gasteiger partial charge >= 0.3 is 6.03 Å². The van der Waals surface area contributed by atoms with E-state index in [4.69, 9.17) is 4.98 Å². The average molecular weight is 489 g/mol. The molecule has 2 N–H and O–H groups in total. The molecule has 0 bridgehead atoms. The lowest BCUT2D eigenvalue weighted by molar-refractivity contribution is 0.262. The van der Waals surface area contributed by atoms with Gasteiger partial charge in [0.05, 0.1) is 22.9 Å². The number of carbonyl (C=O) groups excluding carboxylic acids is 1. The van der Waals surface area contributed by atoms with Gasteiger partial charge in [-0.05, 0) is 31.6 Å². The number of carbonyl (C=O) groups is 1. The number of urea groups is 1.